The first kappa shape index (κ1) is 15.8. The van der Waals surface area contributed by atoms with E-state index in [-0.39, 0.29) is 18.4 Å². The molecule has 0 amide bonds. The van der Waals surface area contributed by atoms with E-state index in [1.807, 2.05) is 6.07 Å². The first-order chi connectivity index (χ1) is 10.1. The van der Waals surface area contributed by atoms with Gasteiger partial charge in [0.2, 0.25) is 0 Å². The van der Waals surface area contributed by atoms with Gasteiger partial charge in [-0.05, 0) is 38.6 Å². The van der Waals surface area contributed by atoms with Crippen molar-refractivity contribution in [2.75, 3.05) is 19.7 Å². The molecular formula is C16H25N3O2. The van der Waals surface area contributed by atoms with E-state index in [2.05, 4.69) is 30.2 Å². The number of hydrogen-bond donors (Lipinski definition) is 2. The van der Waals surface area contributed by atoms with E-state index in [1.54, 1.807) is 12.1 Å². The van der Waals surface area contributed by atoms with Crippen molar-refractivity contribution >= 4 is 11.0 Å². The van der Waals surface area contributed by atoms with Crippen LogP contribution in [0.3, 0.4) is 0 Å². The van der Waals surface area contributed by atoms with Crippen LogP contribution in [0.5, 0.6) is 5.75 Å². The lowest BCUT2D eigenvalue weighted by molar-refractivity contribution is 0.219. The topological polar surface area (TPSA) is 61.5 Å². The van der Waals surface area contributed by atoms with Crippen LogP contribution in [0, 0.1) is 0 Å². The number of aliphatic hydroxyl groups is 1. The molecule has 0 spiro atoms. The molecule has 2 aromatic rings. The highest BCUT2D eigenvalue weighted by molar-refractivity contribution is 5.77. The molecule has 0 aliphatic rings. The van der Waals surface area contributed by atoms with Gasteiger partial charge in [0.15, 0.2) is 0 Å². The molecule has 116 valence electrons. The number of nitrogens with zero attached hydrogens (tertiary/aromatic N) is 3. The maximum atomic E-state index is 9.65. The first-order valence-electron chi connectivity index (χ1n) is 7.66. The summed E-state index contributed by atoms with van der Waals surface area (Å²) in [5.74, 6) is 1.23. The molecule has 21 heavy (non-hydrogen) atoms. The average Bonchev–Trinajstić information content (AvgIpc) is 2.83. The number of aromatic hydroxyl groups is 1. The Morgan fingerprint density at radius 2 is 2.00 bits per heavy atom. The Hall–Kier alpha value is -1.59. The highest BCUT2D eigenvalue weighted by Gasteiger charge is 2.20. The molecule has 2 N–H and O–H groups in total. The predicted molar refractivity (Wildman–Crippen MR) is 84.4 cm³/mol. The fraction of sp³-hybridized carbons (Fsp3) is 0.562. The second-order valence-electron chi connectivity index (χ2n) is 5.27. The third-order valence-corrected chi connectivity index (χ3v) is 4.03. The standard InChI is InChI=1S/C16H25N3O2/c1-4-18(5-2)12(3)16-17-14-11-13(21)7-8-15(14)19(16)9-6-10-20/h7-8,11-12,20-21H,4-6,9-10H2,1-3H3. The Labute approximate surface area is 125 Å². The van der Waals surface area contributed by atoms with Crippen molar-refractivity contribution < 1.29 is 10.2 Å². The van der Waals surface area contributed by atoms with Crippen LogP contribution in [0.1, 0.15) is 39.1 Å². The van der Waals surface area contributed by atoms with E-state index in [0.717, 1.165) is 36.5 Å². The number of aryl methyl sites for hydroxylation is 1. The number of imidazole rings is 1. The van der Waals surface area contributed by atoms with E-state index < -0.39 is 0 Å². The zero-order chi connectivity index (χ0) is 15.4. The summed E-state index contributed by atoms with van der Waals surface area (Å²) >= 11 is 0. The number of benzene rings is 1. The number of aliphatic hydroxyl groups excluding tert-OH is 1. The lowest BCUT2D eigenvalue weighted by Crippen LogP contribution is -2.28. The van der Waals surface area contributed by atoms with Gasteiger partial charge >= 0.3 is 0 Å². The van der Waals surface area contributed by atoms with Gasteiger partial charge in [-0.25, -0.2) is 4.98 Å². The van der Waals surface area contributed by atoms with Crippen molar-refractivity contribution in [1.29, 1.82) is 0 Å². The lowest BCUT2D eigenvalue weighted by atomic mass is 10.2. The monoisotopic (exact) mass is 291 g/mol. The van der Waals surface area contributed by atoms with Gasteiger partial charge in [-0.1, -0.05) is 13.8 Å². The SMILES string of the molecule is CCN(CC)C(C)c1nc2cc(O)ccc2n1CCCO. The third kappa shape index (κ3) is 3.19. The van der Waals surface area contributed by atoms with Crippen molar-refractivity contribution in [3.63, 3.8) is 0 Å². The first-order valence-corrected chi connectivity index (χ1v) is 7.66. The number of phenols is 1. The highest BCUT2D eigenvalue weighted by atomic mass is 16.3. The molecule has 0 bridgehead atoms. The van der Waals surface area contributed by atoms with E-state index in [4.69, 9.17) is 10.1 Å². The molecule has 0 fully saturated rings. The fourth-order valence-electron chi connectivity index (χ4n) is 2.85. The third-order valence-electron chi connectivity index (χ3n) is 4.03. The molecule has 1 heterocycles. The average molecular weight is 291 g/mol. The Bertz CT molecular complexity index is 590. The van der Waals surface area contributed by atoms with Crippen molar-refractivity contribution in [2.45, 2.75) is 39.8 Å². The molecule has 1 aromatic heterocycles. The number of rotatable bonds is 7. The van der Waals surface area contributed by atoms with Gasteiger partial charge in [0.05, 0.1) is 17.1 Å². The molecular weight excluding hydrogens is 266 g/mol. The van der Waals surface area contributed by atoms with Crippen LogP contribution in [-0.4, -0.2) is 44.4 Å². The summed E-state index contributed by atoms with van der Waals surface area (Å²) in [5, 5.41) is 18.8. The number of aromatic nitrogens is 2. The number of phenolic OH excluding ortho intramolecular Hbond substituents is 1. The van der Waals surface area contributed by atoms with Gasteiger partial charge in [-0.3, -0.25) is 4.90 Å². The van der Waals surface area contributed by atoms with Crippen molar-refractivity contribution in [3.05, 3.63) is 24.0 Å². The van der Waals surface area contributed by atoms with E-state index in [0.29, 0.717) is 6.42 Å². The summed E-state index contributed by atoms with van der Waals surface area (Å²) < 4.78 is 2.16. The summed E-state index contributed by atoms with van der Waals surface area (Å²) in [4.78, 5) is 7.07. The van der Waals surface area contributed by atoms with Gasteiger partial charge in [0, 0.05) is 19.2 Å². The fourth-order valence-corrected chi connectivity index (χ4v) is 2.85. The van der Waals surface area contributed by atoms with Crippen molar-refractivity contribution in [2.24, 2.45) is 0 Å². The zero-order valence-corrected chi connectivity index (χ0v) is 13.1. The minimum Gasteiger partial charge on any atom is -0.508 e. The van der Waals surface area contributed by atoms with Crippen LogP contribution in [0.25, 0.3) is 11.0 Å². The summed E-state index contributed by atoms with van der Waals surface area (Å²) in [5.41, 5.74) is 1.82. The van der Waals surface area contributed by atoms with E-state index >= 15 is 0 Å². The Morgan fingerprint density at radius 3 is 2.62 bits per heavy atom. The van der Waals surface area contributed by atoms with E-state index in [9.17, 15) is 5.11 Å². The van der Waals surface area contributed by atoms with Crippen LogP contribution in [-0.2, 0) is 6.54 Å². The molecule has 0 aliphatic carbocycles. The van der Waals surface area contributed by atoms with Gasteiger partial charge < -0.3 is 14.8 Å². The maximum absolute atomic E-state index is 9.65. The maximum Gasteiger partial charge on any atom is 0.127 e. The Kier molecular flexibility index (Phi) is 5.20. The molecule has 0 saturated carbocycles. The normalized spacial score (nSPS) is 13.2. The quantitative estimate of drug-likeness (QED) is 0.823. The lowest BCUT2D eigenvalue weighted by Gasteiger charge is -2.26. The highest BCUT2D eigenvalue weighted by Crippen LogP contribution is 2.27. The summed E-state index contributed by atoms with van der Waals surface area (Å²) in [7, 11) is 0. The number of hydrogen-bond acceptors (Lipinski definition) is 4. The number of fused-ring (bicyclic) bond motifs is 1. The van der Waals surface area contributed by atoms with E-state index in [1.165, 1.54) is 0 Å². The van der Waals surface area contributed by atoms with Gasteiger partial charge in [-0.15, -0.1) is 0 Å². The molecule has 1 unspecified atom stereocenters. The van der Waals surface area contributed by atoms with Crippen LogP contribution in [0.15, 0.2) is 18.2 Å². The largest absolute Gasteiger partial charge is 0.508 e. The second kappa shape index (κ2) is 6.91. The second-order valence-corrected chi connectivity index (χ2v) is 5.27. The van der Waals surface area contributed by atoms with Crippen LogP contribution >= 0.6 is 0 Å². The van der Waals surface area contributed by atoms with Gasteiger partial charge in [0.25, 0.3) is 0 Å². The van der Waals surface area contributed by atoms with Crippen LogP contribution < -0.4 is 0 Å². The van der Waals surface area contributed by atoms with Gasteiger partial charge in [-0.2, -0.15) is 0 Å². The van der Waals surface area contributed by atoms with Crippen molar-refractivity contribution in [3.8, 4) is 5.75 Å². The molecule has 5 nitrogen and oxygen atoms in total. The minimum absolute atomic E-state index is 0.164. The summed E-state index contributed by atoms with van der Waals surface area (Å²) in [6.07, 6.45) is 0.699. The molecule has 2 rings (SSSR count). The molecule has 1 aromatic carbocycles. The van der Waals surface area contributed by atoms with Crippen LogP contribution in [0.2, 0.25) is 0 Å². The Morgan fingerprint density at radius 1 is 1.29 bits per heavy atom. The zero-order valence-electron chi connectivity index (χ0n) is 13.1. The molecule has 0 saturated heterocycles. The molecule has 5 heteroatoms. The smallest absolute Gasteiger partial charge is 0.127 e. The van der Waals surface area contributed by atoms with Crippen LogP contribution in [0.4, 0.5) is 0 Å². The predicted octanol–water partition coefficient (Wildman–Crippen LogP) is 2.53. The summed E-state index contributed by atoms with van der Waals surface area (Å²) in [6, 6.07) is 5.48. The summed E-state index contributed by atoms with van der Waals surface area (Å²) in [6.45, 7) is 9.27. The molecule has 0 aliphatic heterocycles. The Balaban J connectivity index is 2.49. The molecule has 0 radical (unpaired) electrons. The molecule has 1 atom stereocenters. The van der Waals surface area contributed by atoms with Gasteiger partial charge in [0.1, 0.15) is 11.6 Å². The van der Waals surface area contributed by atoms with Crippen molar-refractivity contribution in [1.82, 2.24) is 14.5 Å². The minimum atomic E-state index is 0.164.